The summed E-state index contributed by atoms with van der Waals surface area (Å²) in [6.07, 6.45) is 3.14. The van der Waals surface area contributed by atoms with Crippen molar-refractivity contribution in [3.8, 4) is 11.1 Å². The van der Waals surface area contributed by atoms with Crippen LogP contribution in [0, 0.1) is 5.82 Å². The summed E-state index contributed by atoms with van der Waals surface area (Å²) >= 11 is 6.01. The third-order valence-corrected chi connectivity index (χ3v) is 4.83. The molecule has 1 fully saturated rings. The van der Waals surface area contributed by atoms with Crippen molar-refractivity contribution in [2.75, 3.05) is 13.1 Å². The van der Waals surface area contributed by atoms with E-state index in [-0.39, 0.29) is 5.91 Å². The summed E-state index contributed by atoms with van der Waals surface area (Å²) in [6.45, 7) is 8.69. The predicted molar refractivity (Wildman–Crippen MR) is 106 cm³/mol. The van der Waals surface area contributed by atoms with E-state index in [0.29, 0.717) is 33.0 Å². The standard InChI is InChI=1S/C21H20ClFN2O/c1-14(22)18-12-15(7-9-20(18)24-2)17-8-6-16(13-19(17)23)21(26)25-10-4-3-5-11-25/h6-9,12-13H,1-5,10-11H2. The summed E-state index contributed by atoms with van der Waals surface area (Å²) in [5, 5.41) is 0.312. The Labute approximate surface area is 157 Å². The summed E-state index contributed by atoms with van der Waals surface area (Å²) < 4.78 is 14.7. The number of carbonyl (C=O) groups is 1. The van der Waals surface area contributed by atoms with Crippen LogP contribution in [-0.4, -0.2) is 30.6 Å². The van der Waals surface area contributed by atoms with E-state index in [1.165, 1.54) is 6.07 Å². The van der Waals surface area contributed by atoms with Crippen molar-refractivity contribution in [2.24, 2.45) is 4.99 Å². The number of hydrogen-bond acceptors (Lipinski definition) is 2. The van der Waals surface area contributed by atoms with Crippen molar-refractivity contribution in [1.82, 2.24) is 4.90 Å². The third-order valence-electron chi connectivity index (χ3n) is 4.63. The quantitative estimate of drug-likeness (QED) is 0.639. The zero-order chi connectivity index (χ0) is 18.7. The van der Waals surface area contributed by atoms with Crippen molar-refractivity contribution in [1.29, 1.82) is 0 Å². The van der Waals surface area contributed by atoms with Crippen molar-refractivity contribution in [3.63, 3.8) is 0 Å². The van der Waals surface area contributed by atoms with Gasteiger partial charge in [-0.2, -0.15) is 0 Å². The molecular weight excluding hydrogens is 351 g/mol. The zero-order valence-corrected chi connectivity index (χ0v) is 15.2. The van der Waals surface area contributed by atoms with Gasteiger partial charge in [0, 0.05) is 34.8 Å². The van der Waals surface area contributed by atoms with Crippen LogP contribution in [0.2, 0.25) is 0 Å². The van der Waals surface area contributed by atoms with Gasteiger partial charge in [-0.15, -0.1) is 0 Å². The predicted octanol–water partition coefficient (Wildman–Crippen LogP) is 5.66. The van der Waals surface area contributed by atoms with Gasteiger partial charge in [0.15, 0.2) is 0 Å². The first kappa shape index (κ1) is 18.3. The highest BCUT2D eigenvalue weighted by atomic mass is 35.5. The number of rotatable bonds is 4. The van der Waals surface area contributed by atoms with Crippen molar-refractivity contribution < 1.29 is 9.18 Å². The minimum atomic E-state index is -0.446. The smallest absolute Gasteiger partial charge is 0.253 e. The monoisotopic (exact) mass is 370 g/mol. The second-order valence-electron chi connectivity index (χ2n) is 6.34. The van der Waals surface area contributed by atoms with Gasteiger partial charge < -0.3 is 4.90 Å². The van der Waals surface area contributed by atoms with Crippen LogP contribution in [0.1, 0.15) is 35.2 Å². The molecule has 0 atom stereocenters. The van der Waals surface area contributed by atoms with E-state index in [9.17, 15) is 9.18 Å². The molecule has 0 N–H and O–H groups in total. The first-order valence-corrected chi connectivity index (χ1v) is 8.94. The Morgan fingerprint density at radius 1 is 1.12 bits per heavy atom. The lowest BCUT2D eigenvalue weighted by Crippen LogP contribution is -2.35. The Morgan fingerprint density at radius 3 is 2.46 bits per heavy atom. The normalized spacial score (nSPS) is 14.2. The molecule has 2 aromatic carbocycles. The molecule has 26 heavy (non-hydrogen) atoms. The fraction of sp³-hybridized carbons (Fsp3) is 0.238. The SMILES string of the molecule is C=Nc1ccc(-c2ccc(C(=O)N3CCCCC3)cc2F)cc1C(=C)Cl. The minimum Gasteiger partial charge on any atom is -0.339 e. The summed E-state index contributed by atoms with van der Waals surface area (Å²) in [6, 6.07) is 9.80. The van der Waals surface area contributed by atoms with E-state index in [4.69, 9.17) is 11.6 Å². The fourth-order valence-corrected chi connectivity index (χ4v) is 3.37. The van der Waals surface area contributed by atoms with E-state index < -0.39 is 5.82 Å². The molecule has 0 aromatic heterocycles. The van der Waals surface area contributed by atoms with E-state index in [2.05, 4.69) is 18.3 Å². The van der Waals surface area contributed by atoms with Crippen molar-refractivity contribution >= 4 is 34.9 Å². The molecular formula is C21H20ClFN2O. The van der Waals surface area contributed by atoms with Crippen molar-refractivity contribution in [3.05, 3.63) is 59.9 Å². The van der Waals surface area contributed by atoms with Crippen LogP contribution in [0.3, 0.4) is 0 Å². The molecule has 3 rings (SSSR count). The Balaban J connectivity index is 1.92. The van der Waals surface area contributed by atoms with Gasteiger partial charge in [-0.05, 0) is 55.8 Å². The fourth-order valence-electron chi connectivity index (χ4n) is 3.22. The molecule has 0 aliphatic carbocycles. The third kappa shape index (κ3) is 3.70. The molecule has 0 spiro atoms. The number of hydrogen-bond donors (Lipinski definition) is 0. The van der Waals surface area contributed by atoms with Gasteiger partial charge in [0.1, 0.15) is 5.82 Å². The second-order valence-corrected chi connectivity index (χ2v) is 6.80. The van der Waals surface area contributed by atoms with Gasteiger partial charge in [-0.1, -0.05) is 30.3 Å². The molecule has 1 amide bonds. The summed E-state index contributed by atoms with van der Waals surface area (Å²) in [5.41, 5.74) is 2.61. The van der Waals surface area contributed by atoms with Gasteiger partial charge in [0.2, 0.25) is 0 Å². The zero-order valence-electron chi connectivity index (χ0n) is 14.5. The summed E-state index contributed by atoms with van der Waals surface area (Å²) in [4.78, 5) is 18.2. The van der Waals surface area contributed by atoms with Crippen LogP contribution < -0.4 is 0 Å². The minimum absolute atomic E-state index is 0.115. The molecule has 1 aliphatic rings. The summed E-state index contributed by atoms with van der Waals surface area (Å²) in [5.74, 6) is -0.561. The van der Waals surface area contributed by atoms with Gasteiger partial charge in [0.05, 0.1) is 5.69 Å². The molecule has 0 saturated carbocycles. The Morgan fingerprint density at radius 2 is 1.85 bits per heavy atom. The summed E-state index contributed by atoms with van der Waals surface area (Å²) in [7, 11) is 0. The number of aliphatic imine (C=N–C) groups is 1. The number of carbonyl (C=O) groups excluding carboxylic acids is 1. The topological polar surface area (TPSA) is 32.7 Å². The van der Waals surface area contributed by atoms with Crippen LogP contribution in [0.5, 0.6) is 0 Å². The van der Waals surface area contributed by atoms with Crippen LogP contribution in [0.4, 0.5) is 10.1 Å². The number of halogens is 2. The lowest BCUT2D eigenvalue weighted by molar-refractivity contribution is 0.0724. The van der Waals surface area contributed by atoms with E-state index in [1.807, 2.05) is 0 Å². The number of piperidine rings is 1. The molecule has 2 aromatic rings. The molecule has 0 unspecified atom stereocenters. The van der Waals surface area contributed by atoms with Gasteiger partial charge in [-0.3, -0.25) is 9.79 Å². The first-order chi connectivity index (χ1) is 12.5. The van der Waals surface area contributed by atoms with Crippen LogP contribution >= 0.6 is 11.6 Å². The first-order valence-electron chi connectivity index (χ1n) is 8.56. The number of likely N-dealkylation sites (tertiary alicyclic amines) is 1. The molecule has 3 nitrogen and oxygen atoms in total. The highest BCUT2D eigenvalue weighted by molar-refractivity contribution is 6.48. The Hall–Kier alpha value is -2.46. The number of amides is 1. The van der Waals surface area contributed by atoms with Crippen LogP contribution in [0.25, 0.3) is 16.2 Å². The largest absolute Gasteiger partial charge is 0.339 e. The highest BCUT2D eigenvalue weighted by Crippen LogP contribution is 2.33. The maximum absolute atomic E-state index is 14.7. The van der Waals surface area contributed by atoms with Gasteiger partial charge in [-0.25, -0.2) is 4.39 Å². The van der Waals surface area contributed by atoms with Gasteiger partial charge >= 0.3 is 0 Å². The maximum atomic E-state index is 14.7. The lowest BCUT2D eigenvalue weighted by Gasteiger charge is -2.26. The maximum Gasteiger partial charge on any atom is 0.253 e. The molecule has 1 saturated heterocycles. The average molecular weight is 371 g/mol. The Bertz CT molecular complexity index is 872. The highest BCUT2D eigenvalue weighted by Gasteiger charge is 2.19. The van der Waals surface area contributed by atoms with E-state index in [1.54, 1.807) is 35.2 Å². The molecule has 0 radical (unpaired) electrons. The molecule has 5 heteroatoms. The number of benzene rings is 2. The average Bonchev–Trinajstić information content (AvgIpc) is 2.67. The molecule has 134 valence electrons. The van der Waals surface area contributed by atoms with Gasteiger partial charge in [0.25, 0.3) is 5.91 Å². The molecule has 1 heterocycles. The number of nitrogens with zero attached hydrogens (tertiary/aromatic N) is 2. The molecule has 0 bridgehead atoms. The Kier molecular flexibility index (Phi) is 5.52. The van der Waals surface area contributed by atoms with E-state index >= 15 is 0 Å². The van der Waals surface area contributed by atoms with Crippen LogP contribution in [0.15, 0.2) is 48.0 Å². The van der Waals surface area contributed by atoms with Crippen LogP contribution in [-0.2, 0) is 0 Å². The van der Waals surface area contributed by atoms with E-state index in [0.717, 1.165) is 32.4 Å². The second kappa shape index (κ2) is 7.83. The van der Waals surface area contributed by atoms with Crippen molar-refractivity contribution in [2.45, 2.75) is 19.3 Å². The lowest BCUT2D eigenvalue weighted by atomic mass is 9.99. The molecule has 1 aliphatic heterocycles.